The van der Waals surface area contributed by atoms with Crippen LogP contribution in [0.1, 0.15) is 66.2 Å². The highest BCUT2D eigenvalue weighted by Gasteiger charge is 2.53. The summed E-state index contributed by atoms with van der Waals surface area (Å²) in [6.45, 7) is 9.42. The van der Waals surface area contributed by atoms with Crippen LogP contribution in [0.15, 0.2) is 0 Å². The molecule has 1 N–H and O–H groups in total. The molecule has 0 heterocycles. The van der Waals surface area contributed by atoms with Gasteiger partial charge in [-0.1, -0.05) is 40.5 Å². The second kappa shape index (κ2) is 4.54. The van der Waals surface area contributed by atoms with E-state index in [9.17, 15) is 9.90 Å². The third-order valence-electron chi connectivity index (χ3n) is 6.12. The minimum atomic E-state index is -0.614. The molecule has 0 aliphatic heterocycles. The quantitative estimate of drug-likeness (QED) is 0.793. The molecule has 0 spiro atoms. The summed E-state index contributed by atoms with van der Waals surface area (Å²) < 4.78 is 0. The Morgan fingerprint density at radius 1 is 1.22 bits per heavy atom. The zero-order chi connectivity index (χ0) is 13.6. The molecule has 0 aromatic heterocycles. The molecular weight excluding hydrogens is 224 g/mol. The lowest BCUT2D eigenvalue weighted by molar-refractivity contribution is -0.146. The molecule has 4 unspecified atom stereocenters. The molecule has 2 rings (SSSR count). The van der Waals surface area contributed by atoms with Gasteiger partial charge in [-0.25, -0.2) is 0 Å². The maximum absolute atomic E-state index is 11.2. The molecule has 2 saturated carbocycles. The minimum absolute atomic E-state index is 0.248. The van der Waals surface area contributed by atoms with Crippen LogP contribution in [0.25, 0.3) is 0 Å². The molecule has 104 valence electrons. The molecule has 0 bridgehead atoms. The van der Waals surface area contributed by atoms with Crippen molar-refractivity contribution in [3.8, 4) is 0 Å². The Balaban J connectivity index is 2.30. The fraction of sp³-hybridized carbons (Fsp3) is 0.938. The SMILES string of the molecule is CC1CCC2C(C)(C)CCCC2(C)C1CC(=O)O. The topological polar surface area (TPSA) is 37.3 Å². The summed E-state index contributed by atoms with van der Waals surface area (Å²) >= 11 is 0. The number of carboxylic acids is 1. The first kappa shape index (κ1) is 13.9. The Kier molecular flexibility index (Phi) is 3.50. The van der Waals surface area contributed by atoms with Gasteiger partial charge in [0.1, 0.15) is 0 Å². The van der Waals surface area contributed by atoms with E-state index < -0.39 is 5.97 Å². The highest BCUT2D eigenvalue weighted by molar-refractivity contribution is 5.67. The number of hydrogen-bond acceptors (Lipinski definition) is 1. The van der Waals surface area contributed by atoms with Crippen molar-refractivity contribution in [2.24, 2.45) is 28.6 Å². The number of carboxylic acid groups (broad SMARTS) is 1. The number of aliphatic carboxylic acids is 1. The van der Waals surface area contributed by atoms with Gasteiger partial charge in [0.15, 0.2) is 0 Å². The standard InChI is InChI=1S/C16H28O2/c1-11-6-7-13-15(2,3)8-5-9-16(13,4)12(11)10-14(17)18/h11-13H,5-10H2,1-4H3,(H,17,18). The molecule has 0 aromatic carbocycles. The number of carbonyl (C=O) groups is 1. The van der Waals surface area contributed by atoms with E-state index in [0.29, 0.717) is 29.6 Å². The van der Waals surface area contributed by atoms with Crippen molar-refractivity contribution in [3.05, 3.63) is 0 Å². The van der Waals surface area contributed by atoms with Crippen LogP contribution in [0.5, 0.6) is 0 Å². The van der Waals surface area contributed by atoms with Gasteiger partial charge in [-0.15, -0.1) is 0 Å². The highest BCUT2D eigenvalue weighted by Crippen LogP contribution is 2.61. The van der Waals surface area contributed by atoms with Crippen LogP contribution < -0.4 is 0 Å². The summed E-state index contributed by atoms with van der Waals surface area (Å²) in [5.41, 5.74) is 0.641. The maximum Gasteiger partial charge on any atom is 0.303 e. The third-order valence-corrected chi connectivity index (χ3v) is 6.12. The van der Waals surface area contributed by atoms with Crippen LogP contribution in [-0.2, 0) is 4.79 Å². The zero-order valence-corrected chi connectivity index (χ0v) is 12.3. The molecule has 0 aromatic rings. The van der Waals surface area contributed by atoms with Crippen molar-refractivity contribution in [1.29, 1.82) is 0 Å². The first-order valence-corrected chi connectivity index (χ1v) is 7.49. The molecule has 2 fully saturated rings. The van der Waals surface area contributed by atoms with Crippen LogP contribution >= 0.6 is 0 Å². The molecular formula is C16H28O2. The monoisotopic (exact) mass is 252 g/mol. The Morgan fingerprint density at radius 2 is 1.89 bits per heavy atom. The van der Waals surface area contributed by atoms with Gasteiger partial charge in [-0.05, 0) is 47.8 Å². The Morgan fingerprint density at radius 3 is 2.50 bits per heavy atom. The van der Waals surface area contributed by atoms with E-state index in [4.69, 9.17) is 0 Å². The first-order chi connectivity index (χ1) is 8.27. The molecule has 4 atom stereocenters. The number of rotatable bonds is 2. The molecule has 0 saturated heterocycles. The van der Waals surface area contributed by atoms with Gasteiger partial charge >= 0.3 is 5.97 Å². The molecule has 2 aliphatic carbocycles. The largest absolute Gasteiger partial charge is 0.481 e. The maximum atomic E-state index is 11.2. The predicted octanol–water partition coefficient (Wildman–Crippen LogP) is 4.34. The molecule has 2 nitrogen and oxygen atoms in total. The summed E-state index contributed by atoms with van der Waals surface area (Å²) in [4.78, 5) is 11.2. The third kappa shape index (κ3) is 2.19. The van der Waals surface area contributed by atoms with Crippen molar-refractivity contribution in [2.75, 3.05) is 0 Å². The lowest BCUT2D eigenvalue weighted by Gasteiger charge is -2.59. The first-order valence-electron chi connectivity index (χ1n) is 7.49. The Bertz CT molecular complexity index is 334. The van der Waals surface area contributed by atoms with E-state index in [1.165, 1.54) is 32.1 Å². The molecule has 2 heteroatoms. The Hall–Kier alpha value is -0.530. The summed E-state index contributed by atoms with van der Waals surface area (Å²) in [5, 5.41) is 9.22. The second-order valence-electron chi connectivity index (χ2n) is 7.66. The molecule has 0 radical (unpaired) electrons. The molecule has 2 aliphatic rings. The van der Waals surface area contributed by atoms with Crippen molar-refractivity contribution in [2.45, 2.75) is 66.2 Å². The van der Waals surface area contributed by atoms with E-state index in [2.05, 4.69) is 27.7 Å². The molecule has 0 amide bonds. The smallest absolute Gasteiger partial charge is 0.303 e. The summed E-state index contributed by atoms with van der Waals surface area (Å²) in [6.07, 6.45) is 6.67. The summed E-state index contributed by atoms with van der Waals surface area (Å²) in [6, 6.07) is 0. The summed E-state index contributed by atoms with van der Waals surface area (Å²) in [7, 11) is 0. The normalized spacial score (nSPS) is 43.2. The average Bonchev–Trinajstić information content (AvgIpc) is 2.22. The number of hydrogen-bond donors (Lipinski definition) is 1. The van der Waals surface area contributed by atoms with Gasteiger partial charge in [0, 0.05) is 6.42 Å². The van der Waals surface area contributed by atoms with Crippen LogP contribution in [0.4, 0.5) is 0 Å². The molecule has 18 heavy (non-hydrogen) atoms. The van der Waals surface area contributed by atoms with E-state index in [-0.39, 0.29) is 5.41 Å². The summed E-state index contributed by atoms with van der Waals surface area (Å²) in [5.74, 6) is 1.03. The second-order valence-corrected chi connectivity index (χ2v) is 7.66. The van der Waals surface area contributed by atoms with Gasteiger partial charge < -0.3 is 5.11 Å². The Labute approximate surface area is 111 Å². The van der Waals surface area contributed by atoms with Crippen LogP contribution in [0, 0.1) is 28.6 Å². The average molecular weight is 252 g/mol. The fourth-order valence-electron chi connectivity index (χ4n) is 5.23. The minimum Gasteiger partial charge on any atom is -0.481 e. The van der Waals surface area contributed by atoms with Crippen LogP contribution in [0.3, 0.4) is 0 Å². The van der Waals surface area contributed by atoms with E-state index in [1.807, 2.05) is 0 Å². The highest BCUT2D eigenvalue weighted by atomic mass is 16.4. The van der Waals surface area contributed by atoms with Gasteiger partial charge in [-0.3, -0.25) is 4.79 Å². The van der Waals surface area contributed by atoms with E-state index in [0.717, 1.165) is 0 Å². The predicted molar refractivity (Wildman–Crippen MR) is 73.4 cm³/mol. The number of fused-ring (bicyclic) bond motifs is 1. The van der Waals surface area contributed by atoms with E-state index in [1.54, 1.807) is 0 Å². The lowest BCUT2D eigenvalue weighted by Crippen LogP contribution is -2.51. The fourth-order valence-corrected chi connectivity index (χ4v) is 5.23. The van der Waals surface area contributed by atoms with Gasteiger partial charge in [0.2, 0.25) is 0 Å². The van der Waals surface area contributed by atoms with Crippen molar-refractivity contribution >= 4 is 5.97 Å². The van der Waals surface area contributed by atoms with Crippen molar-refractivity contribution in [3.63, 3.8) is 0 Å². The van der Waals surface area contributed by atoms with Gasteiger partial charge in [0.25, 0.3) is 0 Å². The van der Waals surface area contributed by atoms with Gasteiger partial charge in [-0.2, -0.15) is 0 Å². The van der Waals surface area contributed by atoms with Crippen LogP contribution in [-0.4, -0.2) is 11.1 Å². The van der Waals surface area contributed by atoms with Crippen molar-refractivity contribution in [1.82, 2.24) is 0 Å². The van der Waals surface area contributed by atoms with Gasteiger partial charge in [0.05, 0.1) is 0 Å². The van der Waals surface area contributed by atoms with Crippen molar-refractivity contribution < 1.29 is 9.90 Å². The van der Waals surface area contributed by atoms with E-state index >= 15 is 0 Å². The van der Waals surface area contributed by atoms with Crippen LogP contribution in [0.2, 0.25) is 0 Å². The lowest BCUT2D eigenvalue weighted by atomic mass is 9.46. The zero-order valence-electron chi connectivity index (χ0n) is 12.3.